The van der Waals surface area contributed by atoms with Crippen molar-refractivity contribution in [3.63, 3.8) is 0 Å². The first-order valence-electron chi connectivity index (χ1n) is 9.00. The molecule has 0 aliphatic rings. The van der Waals surface area contributed by atoms with E-state index in [1.54, 1.807) is 18.2 Å². The fraction of sp³-hybridized carbons (Fsp3) is 0. The molecule has 0 saturated carbocycles. The van der Waals surface area contributed by atoms with Gasteiger partial charge in [-0.1, -0.05) is 53.5 Å². The number of rotatable bonds is 5. The summed E-state index contributed by atoms with van der Waals surface area (Å²) in [5.41, 5.74) is 5.23. The van der Waals surface area contributed by atoms with Crippen LogP contribution in [0.2, 0.25) is 10.0 Å². The van der Waals surface area contributed by atoms with Crippen molar-refractivity contribution in [2.24, 2.45) is 5.10 Å². The van der Waals surface area contributed by atoms with Crippen molar-refractivity contribution in [1.82, 2.24) is 10.4 Å². The molecule has 0 atom stereocenters. The van der Waals surface area contributed by atoms with Crippen molar-refractivity contribution in [3.05, 3.63) is 100 Å². The van der Waals surface area contributed by atoms with Crippen molar-refractivity contribution in [2.75, 3.05) is 0 Å². The molecule has 2 heterocycles. The summed E-state index contributed by atoms with van der Waals surface area (Å²) in [6.45, 7) is 0. The van der Waals surface area contributed by atoms with Gasteiger partial charge in [-0.15, -0.1) is 0 Å². The minimum Gasteiger partial charge on any atom is -0.454 e. The molecule has 1 N–H and O–H groups in total. The summed E-state index contributed by atoms with van der Waals surface area (Å²) in [5.74, 6) is 0.656. The molecule has 0 radical (unpaired) electrons. The predicted molar refractivity (Wildman–Crippen MR) is 119 cm³/mol. The zero-order chi connectivity index (χ0) is 20.9. The highest BCUT2D eigenvalue weighted by atomic mass is 35.5. The molecule has 4 rings (SSSR count). The van der Waals surface area contributed by atoms with Crippen molar-refractivity contribution >= 4 is 35.3 Å². The lowest BCUT2D eigenvalue weighted by molar-refractivity contribution is 0.0955. The Morgan fingerprint density at radius 2 is 1.53 bits per heavy atom. The average Bonchev–Trinajstić information content (AvgIpc) is 3.18. The van der Waals surface area contributed by atoms with Crippen LogP contribution < -0.4 is 5.43 Å². The van der Waals surface area contributed by atoms with Crippen LogP contribution in [0.4, 0.5) is 0 Å². The largest absolute Gasteiger partial charge is 0.454 e. The molecule has 0 spiro atoms. The minimum atomic E-state index is -0.349. The number of benzene rings is 2. The number of carbonyl (C=O) groups is 1. The molecule has 0 aliphatic heterocycles. The number of aromatic nitrogens is 1. The van der Waals surface area contributed by atoms with Crippen LogP contribution in [0.25, 0.3) is 22.5 Å². The van der Waals surface area contributed by atoms with E-state index < -0.39 is 0 Å². The van der Waals surface area contributed by atoms with E-state index in [0.29, 0.717) is 27.1 Å². The van der Waals surface area contributed by atoms with Gasteiger partial charge in [-0.2, -0.15) is 5.10 Å². The third-order valence-corrected chi connectivity index (χ3v) is 4.99. The lowest BCUT2D eigenvalue weighted by atomic mass is 10.0. The highest BCUT2D eigenvalue weighted by Crippen LogP contribution is 2.40. The Kier molecular flexibility index (Phi) is 5.93. The Morgan fingerprint density at radius 3 is 2.20 bits per heavy atom. The molecule has 148 valence electrons. The van der Waals surface area contributed by atoms with Crippen LogP contribution in [-0.2, 0) is 0 Å². The summed E-state index contributed by atoms with van der Waals surface area (Å²) < 4.78 is 6.02. The second-order valence-corrected chi connectivity index (χ2v) is 7.10. The van der Waals surface area contributed by atoms with Gasteiger partial charge < -0.3 is 4.42 Å². The molecule has 5 nitrogen and oxygen atoms in total. The third-order valence-electron chi connectivity index (χ3n) is 4.33. The molecule has 0 fully saturated rings. The number of carbonyl (C=O) groups excluding carboxylic acids is 1. The van der Waals surface area contributed by atoms with Gasteiger partial charge in [0.15, 0.2) is 0 Å². The molecule has 4 aromatic rings. The van der Waals surface area contributed by atoms with E-state index in [9.17, 15) is 4.79 Å². The molecule has 0 bridgehead atoms. The summed E-state index contributed by atoms with van der Waals surface area (Å²) in [6.07, 6.45) is 4.51. The van der Waals surface area contributed by atoms with Crippen LogP contribution in [0.5, 0.6) is 0 Å². The number of nitrogens with one attached hydrogen (secondary N) is 1. The number of pyridine rings is 1. The zero-order valence-corrected chi connectivity index (χ0v) is 17.1. The van der Waals surface area contributed by atoms with Crippen molar-refractivity contribution in [3.8, 4) is 22.5 Å². The van der Waals surface area contributed by atoms with Gasteiger partial charge in [0, 0.05) is 39.7 Å². The van der Waals surface area contributed by atoms with Gasteiger partial charge in [0.05, 0.1) is 11.2 Å². The summed E-state index contributed by atoms with van der Waals surface area (Å²) in [5, 5.41) is 5.13. The predicted octanol–water partition coefficient (Wildman–Crippen LogP) is 6.08. The Bertz CT molecular complexity index is 1160. The molecular weight excluding hydrogens is 421 g/mol. The average molecular weight is 436 g/mol. The number of nitrogens with zero attached hydrogens (tertiary/aromatic N) is 2. The topological polar surface area (TPSA) is 67.5 Å². The van der Waals surface area contributed by atoms with Crippen LogP contribution in [0.15, 0.2) is 88.6 Å². The number of hydrazone groups is 1. The van der Waals surface area contributed by atoms with E-state index in [2.05, 4.69) is 15.5 Å². The number of amides is 1. The second kappa shape index (κ2) is 8.95. The van der Waals surface area contributed by atoms with Crippen LogP contribution in [0, 0.1) is 0 Å². The first kappa shape index (κ1) is 19.9. The summed E-state index contributed by atoms with van der Waals surface area (Å²) in [6, 6.07) is 19.9. The Labute approximate surface area is 183 Å². The van der Waals surface area contributed by atoms with E-state index >= 15 is 0 Å². The fourth-order valence-corrected chi connectivity index (χ4v) is 3.38. The maximum atomic E-state index is 12.1. The maximum Gasteiger partial charge on any atom is 0.271 e. The van der Waals surface area contributed by atoms with Crippen LogP contribution >= 0.6 is 23.2 Å². The molecule has 0 aliphatic carbocycles. The van der Waals surface area contributed by atoms with Gasteiger partial charge in [-0.3, -0.25) is 9.78 Å². The van der Waals surface area contributed by atoms with Crippen LogP contribution in [0.3, 0.4) is 0 Å². The monoisotopic (exact) mass is 435 g/mol. The smallest absolute Gasteiger partial charge is 0.271 e. The van der Waals surface area contributed by atoms with E-state index in [1.807, 2.05) is 48.5 Å². The lowest BCUT2D eigenvalue weighted by Crippen LogP contribution is -2.17. The normalized spacial score (nSPS) is 11.0. The fourth-order valence-electron chi connectivity index (χ4n) is 2.92. The van der Waals surface area contributed by atoms with E-state index in [-0.39, 0.29) is 5.91 Å². The molecule has 30 heavy (non-hydrogen) atoms. The molecule has 1 amide bonds. The molecule has 2 aromatic carbocycles. The quantitative estimate of drug-likeness (QED) is 0.305. The van der Waals surface area contributed by atoms with Crippen molar-refractivity contribution in [2.45, 2.75) is 0 Å². The maximum absolute atomic E-state index is 12.1. The highest BCUT2D eigenvalue weighted by molar-refractivity contribution is 6.34. The number of hydrogen-bond donors (Lipinski definition) is 1. The number of furan rings is 1. The summed E-state index contributed by atoms with van der Waals surface area (Å²) >= 11 is 12.8. The van der Waals surface area contributed by atoms with E-state index in [0.717, 1.165) is 16.7 Å². The van der Waals surface area contributed by atoms with Gasteiger partial charge in [0.2, 0.25) is 0 Å². The summed E-state index contributed by atoms with van der Waals surface area (Å²) in [4.78, 5) is 16.0. The first-order chi connectivity index (χ1) is 14.6. The molecule has 7 heteroatoms. The van der Waals surface area contributed by atoms with Crippen LogP contribution in [0.1, 0.15) is 16.1 Å². The summed E-state index contributed by atoms with van der Waals surface area (Å²) in [7, 11) is 0. The van der Waals surface area contributed by atoms with Gasteiger partial charge in [0.25, 0.3) is 5.91 Å². The minimum absolute atomic E-state index is 0.349. The van der Waals surface area contributed by atoms with Gasteiger partial charge in [-0.25, -0.2) is 5.43 Å². The molecule has 0 saturated heterocycles. The molecule has 0 unspecified atom stereocenters. The highest BCUT2D eigenvalue weighted by Gasteiger charge is 2.18. The standard InChI is InChI=1S/C23H15Cl2N3O2/c24-20-7-3-1-5-17(20)19-13-16(30-22(19)18-6-2-4-8-21(18)25)14-27-28-23(29)15-9-11-26-12-10-15/h1-14H,(H,28,29). The van der Waals surface area contributed by atoms with Gasteiger partial charge in [-0.05, 0) is 36.4 Å². The van der Waals surface area contributed by atoms with Gasteiger partial charge in [0.1, 0.15) is 11.5 Å². The van der Waals surface area contributed by atoms with E-state index in [4.69, 9.17) is 27.6 Å². The Balaban J connectivity index is 1.68. The molecular formula is C23H15Cl2N3O2. The zero-order valence-electron chi connectivity index (χ0n) is 15.5. The van der Waals surface area contributed by atoms with Crippen LogP contribution in [-0.4, -0.2) is 17.1 Å². The van der Waals surface area contributed by atoms with E-state index in [1.165, 1.54) is 18.6 Å². The number of hydrogen-bond acceptors (Lipinski definition) is 4. The van der Waals surface area contributed by atoms with Gasteiger partial charge >= 0.3 is 0 Å². The molecule has 2 aromatic heterocycles. The van der Waals surface area contributed by atoms with Crippen molar-refractivity contribution < 1.29 is 9.21 Å². The second-order valence-electron chi connectivity index (χ2n) is 6.29. The van der Waals surface area contributed by atoms with Crippen molar-refractivity contribution in [1.29, 1.82) is 0 Å². The SMILES string of the molecule is O=C(NN=Cc1cc(-c2ccccc2Cl)c(-c2ccccc2Cl)o1)c1ccncc1. The Hall–Kier alpha value is -3.41. The number of halogens is 2. The Morgan fingerprint density at radius 1 is 0.900 bits per heavy atom. The lowest BCUT2D eigenvalue weighted by Gasteiger charge is -2.06. The third kappa shape index (κ3) is 4.27. The first-order valence-corrected chi connectivity index (χ1v) is 9.76.